The molecule has 0 saturated carbocycles. The number of ether oxygens (including phenoxy) is 2. The van der Waals surface area contributed by atoms with Crippen LogP contribution in [-0.4, -0.2) is 64.7 Å². The molecule has 8 heteroatoms. The van der Waals surface area contributed by atoms with Crippen LogP contribution >= 0.6 is 0 Å². The number of fused-ring (bicyclic) bond motifs is 1. The van der Waals surface area contributed by atoms with Crippen LogP contribution in [-0.2, 0) is 9.59 Å². The molecule has 8 nitrogen and oxygen atoms in total. The van der Waals surface area contributed by atoms with Gasteiger partial charge in [0.1, 0.15) is 6.17 Å². The van der Waals surface area contributed by atoms with Gasteiger partial charge in [0.2, 0.25) is 6.79 Å². The molecule has 1 aromatic carbocycles. The number of unbranched alkanes of at least 4 members (excludes halogenated alkanes) is 2. The van der Waals surface area contributed by atoms with Gasteiger partial charge in [0.25, 0.3) is 0 Å². The molecule has 0 aliphatic carbocycles. The third kappa shape index (κ3) is 5.33. The SMILES string of the molecule is CCCCN(CCCC)C(C=O)N1CC(c2ccc3c(c2)OCO3)C(C(=O)O)C1c1ccncc1. The average molecular weight is 482 g/mol. The summed E-state index contributed by atoms with van der Waals surface area (Å²) >= 11 is 0. The number of benzene rings is 1. The predicted octanol–water partition coefficient (Wildman–Crippen LogP) is 4.08. The summed E-state index contributed by atoms with van der Waals surface area (Å²) in [7, 11) is 0. The lowest BCUT2D eigenvalue weighted by molar-refractivity contribution is -0.144. The summed E-state index contributed by atoms with van der Waals surface area (Å²) in [4.78, 5) is 33.8. The standard InChI is InChI=1S/C27H35N3O5/c1-3-5-13-29(14-6-4-2)24(17-31)30-16-21(20-7-8-22-23(15-20)35-18-34-22)25(27(32)33)26(30)19-9-11-28-12-10-19/h7-12,15,17,21,24-26H,3-6,13-14,16,18H2,1-2H3,(H,32,33). The lowest BCUT2D eigenvalue weighted by atomic mass is 9.83. The molecule has 4 atom stereocenters. The van der Waals surface area contributed by atoms with Crippen LogP contribution in [0.2, 0.25) is 0 Å². The predicted molar refractivity (Wildman–Crippen MR) is 131 cm³/mol. The van der Waals surface area contributed by atoms with Crippen LogP contribution in [0.15, 0.2) is 42.7 Å². The van der Waals surface area contributed by atoms with Gasteiger partial charge in [-0.15, -0.1) is 0 Å². The normalized spacial score (nSPS) is 22.4. The Morgan fingerprint density at radius 3 is 2.43 bits per heavy atom. The number of aldehydes is 1. The minimum Gasteiger partial charge on any atom is -0.481 e. The van der Waals surface area contributed by atoms with Crippen LogP contribution in [0.1, 0.15) is 62.6 Å². The van der Waals surface area contributed by atoms with Crippen LogP contribution in [0.3, 0.4) is 0 Å². The summed E-state index contributed by atoms with van der Waals surface area (Å²) in [5.41, 5.74) is 1.73. The summed E-state index contributed by atoms with van der Waals surface area (Å²) in [6, 6.07) is 8.90. The van der Waals surface area contributed by atoms with Crippen molar-refractivity contribution in [3.63, 3.8) is 0 Å². The maximum Gasteiger partial charge on any atom is 0.309 e. The molecule has 4 rings (SSSR count). The Morgan fingerprint density at radius 2 is 1.80 bits per heavy atom. The van der Waals surface area contributed by atoms with Gasteiger partial charge < -0.3 is 19.4 Å². The van der Waals surface area contributed by atoms with Crippen molar-refractivity contribution in [2.45, 2.75) is 57.7 Å². The van der Waals surface area contributed by atoms with Gasteiger partial charge in [0, 0.05) is 37.9 Å². The zero-order valence-electron chi connectivity index (χ0n) is 20.5. The Bertz CT molecular complexity index is 994. The molecule has 0 radical (unpaired) electrons. The molecule has 0 bridgehead atoms. The van der Waals surface area contributed by atoms with Gasteiger partial charge in [-0.25, -0.2) is 0 Å². The molecular weight excluding hydrogens is 446 g/mol. The monoisotopic (exact) mass is 481 g/mol. The Kier molecular flexibility index (Phi) is 8.36. The number of aromatic nitrogens is 1. The van der Waals surface area contributed by atoms with Crippen LogP contribution in [0.5, 0.6) is 11.5 Å². The highest BCUT2D eigenvalue weighted by atomic mass is 16.7. The van der Waals surface area contributed by atoms with Gasteiger partial charge >= 0.3 is 5.97 Å². The molecular formula is C27H35N3O5. The number of carboxylic acid groups (broad SMARTS) is 1. The average Bonchev–Trinajstić information content (AvgIpc) is 3.51. The lowest BCUT2D eigenvalue weighted by Crippen LogP contribution is -2.50. The van der Waals surface area contributed by atoms with Gasteiger partial charge in [-0.3, -0.25) is 19.6 Å². The second-order valence-corrected chi connectivity index (χ2v) is 9.30. The number of hydrogen-bond donors (Lipinski definition) is 1. The molecule has 1 saturated heterocycles. The summed E-state index contributed by atoms with van der Waals surface area (Å²) in [6.45, 7) is 6.48. The first-order valence-corrected chi connectivity index (χ1v) is 12.6. The smallest absolute Gasteiger partial charge is 0.309 e. The minimum absolute atomic E-state index is 0.161. The third-order valence-corrected chi connectivity index (χ3v) is 7.13. The summed E-state index contributed by atoms with van der Waals surface area (Å²) in [5.74, 6) is -0.640. The second-order valence-electron chi connectivity index (χ2n) is 9.30. The molecule has 4 unspecified atom stereocenters. The number of carbonyl (C=O) groups is 2. The van der Waals surface area contributed by atoms with E-state index in [2.05, 4.69) is 28.6 Å². The van der Waals surface area contributed by atoms with E-state index in [4.69, 9.17) is 9.47 Å². The van der Waals surface area contributed by atoms with Gasteiger partial charge in [-0.1, -0.05) is 32.8 Å². The second kappa shape index (κ2) is 11.6. The topological polar surface area (TPSA) is 92.2 Å². The molecule has 2 aromatic rings. The zero-order valence-corrected chi connectivity index (χ0v) is 20.5. The van der Waals surface area contributed by atoms with E-state index in [0.717, 1.165) is 56.2 Å². The number of carboxylic acids is 1. The van der Waals surface area contributed by atoms with Gasteiger partial charge in [-0.05, 0) is 48.2 Å². The van der Waals surface area contributed by atoms with E-state index in [-0.39, 0.29) is 12.7 Å². The molecule has 1 aromatic heterocycles. The van der Waals surface area contributed by atoms with Crippen LogP contribution in [0.4, 0.5) is 0 Å². The van der Waals surface area contributed by atoms with E-state index in [9.17, 15) is 14.7 Å². The van der Waals surface area contributed by atoms with E-state index in [0.29, 0.717) is 18.0 Å². The molecule has 0 amide bonds. The van der Waals surface area contributed by atoms with Gasteiger partial charge in [-0.2, -0.15) is 0 Å². The highest BCUT2D eigenvalue weighted by molar-refractivity contribution is 5.74. The summed E-state index contributed by atoms with van der Waals surface area (Å²) < 4.78 is 11.0. The molecule has 1 fully saturated rings. The van der Waals surface area contributed by atoms with Gasteiger partial charge in [0.05, 0.1) is 12.0 Å². The van der Waals surface area contributed by atoms with Crippen LogP contribution in [0.25, 0.3) is 0 Å². The highest BCUT2D eigenvalue weighted by Gasteiger charge is 2.50. The Labute approximate surface area is 206 Å². The number of pyridine rings is 1. The van der Waals surface area contributed by atoms with Crippen molar-refractivity contribution < 1.29 is 24.2 Å². The molecule has 2 aliphatic heterocycles. The lowest BCUT2D eigenvalue weighted by Gasteiger charge is -2.38. The summed E-state index contributed by atoms with van der Waals surface area (Å²) in [6.07, 6.45) is 7.86. The first kappa shape index (κ1) is 25.1. The van der Waals surface area contributed by atoms with Crippen LogP contribution < -0.4 is 9.47 Å². The van der Waals surface area contributed by atoms with Crippen molar-refractivity contribution in [3.8, 4) is 11.5 Å². The first-order chi connectivity index (χ1) is 17.1. The minimum atomic E-state index is -0.879. The number of likely N-dealkylation sites (tertiary alicyclic amines) is 1. The first-order valence-electron chi connectivity index (χ1n) is 12.6. The largest absolute Gasteiger partial charge is 0.481 e. The third-order valence-electron chi connectivity index (χ3n) is 7.13. The van der Waals surface area contributed by atoms with Crippen molar-refractivity contribution in [1.29, 1.82) is 0 Å². The number of aliphatic carboxylic acids is 1. The number of hydrogen-bond acceptors (Lipinski definition) is 7. The Balaban J connectivity index is 1.75. The van der Waals surface area contributed by atoms with Gasteiger partial charge in [0.15, 0.2) is 17.8 Å². The molecule has 2 aliphatic rings. The van der Waals surface area contributed by atoms with E-state index in [1.54, 1.807) is 12.4 Å². The van der Waals surface area contributed by atoms with E-state index >= 15 is 0 Å². The number of nitrogens with zero attached hydrogens (tertiary/aromatic N) is 3. The molecule has 3 heterocycles. The van der Waals surface area contributed by atoms with E-state index < -0.39 is 24.1 Å². The van der Waals surface area contributed by atoms with E-state index in [1.807, 2.05) is 30.3 Å². The molecule has 35 heavy (non-hydrogen) atoms. The van der Waals surface area contributed by atoms with Crippen molar-refractivity contribution in [1.82, 2.24) is 14.8 Å². The molecule has 188 valence electrons. The number of carbonyl (C=O) groups excluding carboxylic acids is 1. The Morgan fingerprint density at radius 1 is 1.11 bits per heavy atom. The number of rotatable bonds is 12. The van der Waals surface area contributed by atoms with Crippen molar-refractivity contribution >= 4 is 12.3 Å². The molecule has 0 spiro atoms. The van der Waals surface area contributed by atoms with Crippen molar-refractivity contribution in [2.75, 3.05) is 26.4 Å². The fraction of sp³-hybridized carbons (Fsp3) is 0.519. The summed E-state index contributed by atoms with van der Waals surface area (Å²) in [5, 5.41) is 10.5. The highest BCUT2D eigenvalue weighted by Crippen LogP contribution is 2.48. The Hall–Kier alpha value is -2.97. The fourth-order valence-electron chi connectivity index (χ4n) is 5.35. The zero-order chi connectivity index (χ0) is 24.8. The van der Waals surface area contributed by atoms with Crippen molar-refractivity contribution in [2.24, 2.45) is 5.92 Å². The maximum absolute atomic E-state index is 12.8. The maximum atomic E-state index is 12.8. The van der Waals surface area contributed by atoms with E-state index in [1.165, 1.54) is 0 Å². The molecule has 1 N–H and O–H groups in total. The van der Waals surface area contributed by atoms with Crippen LogP contribution in [0, 0.1) is 5.92 Å². The fourth-order valence-corrected chi connectivity index (χ4v) is 5.35. The van der Waals surface area contributed by atoms with Crippen molar-refractivity contribution in [3.05, 3.63) is 53.9 Å². The quantitative estimate of drug-likeness (QED) is 0.454.